The fourth-order valence-electron chi connectivity index (χ4n) is 3.24. The number of anilines is 2. The van der Waals surface area contributed by atoms with Gasteiger partial charge in [-0.15, -0.1) is 0 Å². The quantitative estimate of drug-likeness (QED) is 0.729. The van der Waals surface area contributed by atoms with Crippen LogP contribution in [0.3, 0.4) is 0 Å². The van der Waals surface area contributed by atoms with E-state index < -0.39 is 0 Å². The fraction of sp³-hybridized carbons (Fsp3) is 0.316. The van der Waals surface area contributed by atoms with Crippen LogP contribution in [0.4, 0.5) is 11.4 Å². The summed E-state index contributed by atoms with van der Waals surface area (Å²) in [5.41, 5.74) is 5.00. The van der Waals surface area contributed by atoms with Gasteiger partial charge in [-0.05, 0) is 17.7 Å². The van der Waals surface area contributed by atoms with Crippen LogP contribution in [0.25, 0.3) is 11.0 Å². The third-order valence-corrected chi connectivity index (χ3v) is 4.55. The van der Waals surface area contributed by atoms with Crippen molar-refractivity contribution in [2.24, 2.45) is 0 Å². The van der Waals surface area contributed by atoms with Crippen LogP contribution < -0.4 is 20.3 Å². The number of benzene rings is 1. The first-order chi connectivity index (χ1) is 12.8. The molecule has 1 aliphatic heterocycles. The average Bonchev–Trinajstić information content (AvgIpc) is 2.72. The maximum Gasteiger partial charge on any atom is 0.162 e. The minimum atomic E-state index is 0.681. The highest BCUT2D eigenvalue weighted by Crippen LogP contribution is 2.35. The van der Waals surface area contributed by atoms with Gasteiger partial charge in [-0.2, -0.15) is 0 Å². The molecule has 0 bridgehead atoms. The highest BCUT2D eigenvalue weighted by atomic mass is 16.5. The number of rotatable bonds is 5. The minimum absolute atomic E-state index is 0.681. The van der Waals surface area contributed by atoms with Gasteiger partial charge in [0.15, 0.2) is 5.75 Å². The van der Waals surface area contributed by atoms with E-state index in [1.807, 2.05) is 12.3 Å². The first kappa shape index (κ1) is 16.5. The summed E-state index contributed by atoms with van der Waals surface area (Å²) in [7, 11) is 1.69. The van der Waals surface area contributed by atoms with Gasteiger partial charge in [0, 0.05) is 45.1 Å². The number of methoxy groups -OCH3 is 1. The Kier molecular flexibility index (Phi) is 4.79. The molecular weight excluding hydrogens is 328 g/mol. The Balaban J connectivity index is 1.58. The van der Waals surface area contributed by atoms with Gasteiger partial charge < -0.3 is 20.3 Å². The topological polar surface area (TPSA) is 75.2 Å². The molecule has 0 amide bonds. The molecule has 2 N–H and O–H groups in total. The lowest BCUT2D eigenvalue weighted by Gasteiger charge is -2.32. The minimum Gasteiger partial charge on any atom is -0.493 e. The van der Waals surface area contributed by atoms with Crippen LogP contribution in [0.1, 0.15) is 5.56 Å². The van der Waals surface area contributed by atoms with Gasteiger partial charge in [0.2, 0.25) is 0 Å². The Morgan fingerprint density at radius 2 is 1.92 bits per heavy atom. The summed E-state index contributed by atoms with van der Waals surface area (Å²) < 4.78 is 5.57. The van der Waals surface area contributed by atoms with E-state index in [1.54, 1.807) is 25.7 Å². The molecule has 3 heterocycles. The van der Waals surface area contributed by atoms with Gasteiger partial charge in [0.25, 0.3) is 0 Å². The zero-order valence-electron chi connectivity index (χ0n) is 14.8. The van der Waals surface area contributed by atoms with Crippen LogP contribution in [0.5, 0.6) is 5.75 Å². The number of pyridine rings is 1. The summed E-state index contributed by atoms with van der Waals surface area (Å²) in [5.74, 6) is 0.793. The van der Waals surface area contributed by atoms with Gasteiger partial charge in [-0.1, -0.05) is 6.07 Å². The van der Waals surface area contributed by atoms with E-state index in [0.717, 1.165) is 59.9 Å². The predicted molar refractivity (Wildman–Crippen MR) is 103 cm³/mol. The molecule has 0 atom stereocenters. The summed E-state index contributed by atoms with van der Waals surface area (Å²) >= 11 is 0. The number of piperazine rings is 1. The molecule has 3 aromatic rings. The van der Waals surface area contributed by atoms with E-state index in [-0.39, 0.29) is 0 Å². The Labute approximate surface area is 152 Å². The molecule has 1 saturated heterocycles. The monoisotopic (exact) mass is 350 g/mol. The van der Waals surface area contributed by atoms with Crippen molar-refractivity contribution in [1.82, 2.24) is 20.3 Å². The number of hydrogen-bond acceptors (Lipinski definition) is 7. The molecule has 1 fully saturated rings. The molecule has 0 radical (unpaired) electrons. The van der Waals surface area contributed by atoms with Gasteiger partial charge in [0.05, 0.1) is 36.2 Å². The van der Waals surface area contributed by atoms with Gasteiger partial charge >= 0.3 is 0 Å². The van der Waals surface area contributed by atoms with Gasteiger partial charge in [-0.3, -0.25) is 15.0 Å². The molecule has 1 aliphatic rings. The second kappa shape index (κ2) is 7.53. The zero-order chi connectivity index (χ0) is 17.8. The standard InChI is InChI=1S/C19H22N6O/c1-26-18-13-21-12-17(19(18)25-8-6-20-7-9-25)24-11-14-2-3-15-16(10-14)23-5-4-22-15/h2-5,10,12-13,20,24H,6-9,11H2,1H3. The van der Waals surface area contributed by atoms with Gasteiger partial charge in [-0.25, -0.2) is 0 Å². The number of ether oxygens (including phenoxy) is 1. The summed E-state index contributed by atoms with van der Waals surface area (Å²) in [6.07, 6.45) is 7.06. The van der Waals surface area contributed by atoms with Crippen molar-refractivity contribution in [3.8, 4) is 5.75 Å². The lowest BCUT2D eigenvalue weighted by atomic mass is 10.2. The Morgan fingerprint density at radius 3 is 2.73 bits per heavy atom. The Morgan fingerprint density at radius 1 is 1.12 bits per heavy atom. The normalized spacial score (nSPS) is 14.4. The highest BCUT2D eigenvalue weighted by Gasteiger charge is 2.19. The number of nitrogens with one attached hydrogen (secondary N) is 2. The second-order valence-corrected chi connectivity index (χ2v) is 6.21. The van der Waals surface area contributed by atoms with Crippen LogP contribution in [-0.2, 0) is 6.54 Å². The summed E-state index contributed by atoms with van der Waals surface area (Å²) in [4.78, 5) is 15.4. The molecule has 0 aliphatic carbocycles. The molecule has 4 rings (SSSR count). The fourth-order valence-corrected chi connectivity index (χ4v) is 3.24. The number of hydrogen-bond donors (Lipinski definition) is 2. The molecule has 134 valence electrons. The van der Waals surface area contributed by atoms with Crippen LogP contribution >= 0.6 is 0 Å². The second-order valence-electron chi connectivity index (χ2n) is 6.21. The summed E-state index contributed by atoms with van der Waals surface area (Å²) in [6.45, 7) is 4.50. The molecular formula is C19H22N6O. The Bertz CT molecular complexity index is 894. The van der Waals surface area contributed by atoms with Crippen molar-refractivity contribution in [2.45, 2.75) is 6.54 Å². The number of nitrogens with zero attached hydrogens (tertiary/aromatic N) is 4. The molecule has 1 aromatic carbocycles. The zero-order valence-corrected chi connectivity index (χ0v) is 14.8. The summed E-state index contributed by atoms with van der Waals surface area (Å²) in [5, 5.41) is 6.90. The number of aromatic nitrogens is 3. The van der Waals surface area contributed by atoms with E-state index >= 15 is 0 Å². The largest absolute Gasteiger partial charge is 0.493 e. The highest BCUT2D eigenvalue weighted by molar-refractivity contribution is 5.77. The molecule has 2 aromatic heterocycles. The van der Waals surface area contributed by atoms with E-state index in [9.17, 15) is 0 Å². The van der Waals surface area contributed by atoms with E-state index in [1.165, 1.54) is 0 Å². The lowest BCUT2D eigenvalue weighted by Crippen LogP contribution is -2.43. The maximum atomic E-state index is 5.57. The van der Waals surface area contributed by atoms with Crippen molar-refractivity contribution in [3.63, 3.8) is 0 Å². The third kappa shape index (κ3) is 3.39. The Hall–Kier alpha value is -2.93. The smallest absolute Gasteiger partial charge is 0.162 e. The van der Waals surface area contributed by atoms with Crippen molar-refractivity contribution in [2.75, 3.05) is 43.5 Å². The molecule has 26 heavy (non-hydrogen) atoms. The van der Waals surface area contributed by atoms with Crippen molar-refractivity contribution in [1.29, 1.82) is 0 Å². The van der Waals surface area contributed by atoms with Gasteiger partial charge in [0.1, 0.15) is 5.69 Å². The molecule has 7 nitrogen and oxygen atoms in total. The molecule has 0 saturated carbocycles. The maximum absolute atomic E-state index is 5.57. The summed E-state index contributed by atoms with van der Waals surface area (Å²) in [6, 6.07) is 6.13. The van der Waals surface area contributed by atoms with Crippen LogP contribution in [0.2, 0.25) is 0 Å². The van der Waals surface area contributed by atoms with Crippen LogP contribution in [-0.4, -0.2) is 48.2 Å². The van der Waals surface area contributed by atoms with Crippen molar-refractivity contribution in [3.05, 3.63) is 48.5 Å². The predicted octanol–water partition coefficient (Wildman–Crippen LogP) is 2.06. The molecule has 7 heteroatoms. The SMILES string of the molecule is COc1cncc(NCc2ccc3nccnc3c2)c1N1CCNCC1. The first-order valence-electron chi connectivity index (χ1n) is 8.76. The van der Waals surface area contributed by atoms with Crippen LogP contribution in [0, 0.1) is 0 Å². The number of fused-ring (bicyclic) bond motifs is 1. The average molecular weight is 350 g/mol. The van der Waals surface area contributed by atoms with Crippen LogP contribution in [0.15, 0.2) is 43.0 Å². The first-order valence-corrected chi connectivity index (χ1v) is 8.76. The van der Waals surface area contributed by atoms with E-state index in [0.29, 0.717) is 6.54 Å². The van der Waals surface area contributed by atoms with Crippen molar-refractivity contribution >= 4 is 22.4 Å². The van der Waals surface area contributed by atoms with Crippen molar-refractivity contribution < 1.29 is 4.74 Å². The third-order valence-electron chi connectivity index (χ3n) is 4.55. The molecule has 0 spiro atoms. The van der Waals surface area contributed by atoms with E-state index in [4.69, 9.17) is 4.74 Å². The lowest BCUT2D eigenvalue weighted by molar-refractivity contribution is 0.411. The van der Waals surface area contributed by atoms with E-state index in [2.05, 4.69) is 42.6 Å². The molecule has 0 unspecified atom stereocenters.